The third kappa shape index (κ3) is 2.51. The van der Waals surface area contributed by atoms with E-state index < -0.39 is 0 Å². The number of anilines is 1. The van der Waals surface area contributed by atoms with Gasteiger partial charge in [0, 0.05) is 18.2 Å². The van der Waals surface area contributed by atoms with Gasteiger partial charge in [-0.05, 0) is 43.2 Å². The van der Waals surface area contributed by atoms with Crippen LogP contribution in [0.3, 0.4) is 0 Å². The molecule has 0 unspecified atom stereocenters. The maximum atomic E-state index is 14.1. The summed E-state index contributed by atoms with van der Waals surface area (Å²) in [4.78, 5) is 8.83. The third-order valence-corrected chi connectivity index (χ3v) is 5.64. The van der Waals surface area contributed by atoms with Crippen LogP contribution in [0.25, 0.3) is 10.2 Å². The molecule has 1 aromatic carbocycles. The average molecular weight is 338 g/mol. The predicted molar refractivity (Wildman–Crippen MR) is 92.5 cm³/mol. The molecular weight excluding hydrogens is 323 g/mol. The Morgan fingerprint density at radius 1 is 1.33 bits per heavy atom. The fourth-order valence-electron chi connectivity index (χ4n) is 3.19. The Bertz CT molecular complexity index is 940. The molecule has 120 valence electrons. The summed E-state index contributed by atoms with van der Waals surface area (Å²) in [7, 11) is 0. The van der Waals surface area contributed by atoms with Crippen LogP contribution in [-0.2, 0) is 5.41 Å². The average Bonchev–Trinajstić information content (AvgIpc) is 2.97. The smallest absolute Gasteiger partial charge is 0.183 e. The van der Waals surface area contributed by atoms with Crippen LogP contribution < -0.4 is 5.32 Å². The van der Waals surface area contributed by atoms with E-state index in [1.54, 1.807) is 18.3 Å². The highest BCUT2D eigenvalue weighted by molar-refractivity contribution is 7.22. The fraction of sp³-hybridized carbons (Fsp3) is 0.278. The minimum atomic E-state index is -0.249. The second-order valence-corrected chi connectivity index (χ2v) is 7.17. The summed E-state index contributed by atoms with van der Waals surface area (Å²) < 4.78 is 15.1. The number of fused-ring (bicyclic) bond motifs is 1. The second kappa shape index (κ2) is 5.84. The van der Waals surface area contributed by atoms with Crippen LogP contribution in [0.2, 0.25) is 0 Å². The molecular formula is C18H15FN4S. The first-order valence-corrected chi connectivity index (χ1v) is 8.67. The molecule has 1 N–H and O–H groups in total. The van der Waals surface area contributed by atoms with Crippen LogP contribution in [-0.4, -0.2) is 16.5 Å². The molecule has 24 heavy (non-hydrogen) atoms. The molecule has 0 saturated heterocycles. The molecule has 1 aliphatic carbocycles. The van der Waals surface area contributed by atoms with Gasteiger partial charge < -0.3 is 5.32 Å². The van der Waals surface area contributed by atoms with Crippen LogP contribution in [0.1, 0.15) is 30.5 Å². The number of nitriles is 1. The first kappa shape index (κ1) is 15.0. The Morgan fingerprint density at radius 2 is 2.21 bits per heavy atom. The highest BCUT2D eigenvalue weighted by Crippen LogP contribution is 2.44. The third-order valence-electron chi connectivity index (χ3n) is 4.67. The Kier molecular flexibility index (Phi) is 3.66. The highest BCUT2D eigenvalue weighted by Gasteiger charge is 2.41. The lowest BCUT2D eigenvalue weighted by Gasteiger charge is -2.41. The zero-order valence-corrected chi connectivity index (χ0v) is 13.7. The van der Waals surface area contributed by atoms with Gasteiger partial charge in [0.2, 0.25) is 0 Å². The molecule has 6 heteroatoms. The number of nitrogens with zero attached hydrogens (tertiary/aromatic N) is 3. The summed E-state index contributed by atoms with van der Waals surface area (Å²) >= 11 is 1.51. The number of pyridine rings is 1. The van der Waals surface area contributed by atoms with Gasteiger partial charge in [0.05, 0.1) is 27.5 Å². The van der Waals surface area contributed by atoms with Crippen LogP contribution in [0, 0.1) is 17.1 Å². The van der Waals surface area contributed by atoms with Gasteiger partial charge in [0.25, 0.3) is 0 Å². The molecule has 0 atom stereocenters. The Labute approximate surface area is 143 Å². The summed E-state index contributed by atoms with van der Waals surface area (Å²) in [6.45, 7) is 0.617. The van der Waals surface area contributed by atoms with Crippen molar-refractivity contribution in [1.29, 1.82) is 5.26 Å². The van der Waals surface area contributed by atoms with Crippen molar-refractivity contribution in [2.45, 2.75) is 24.7 Å². The largest absolute Gasteiger partial charge is 0.361 e. The topological polar surface area (TPSA) is 61.6 Å². The number of hydrogen-bond acceptors (Lipinski definition) is 5. The van der Waals surface area contributed by atoms with Gasteiger partial charge in [-0.1, -0.05) is 17.8 Å². The van der Waals surface area contributed by atoms with Crippen molar-refractivity contribution in [1.82, 2.24) is 9.97 Å². The summed E-state index contributed by atoms with van der Waals surface area (Å²) in [5, 5.41) is 13.1. The van der Waals surface area contributed by atoms with E-state index in [0.717, 1.165) is 34.6 Å². The highest BCUT2D eigenvalue weighted by atomic mass is 32.1. The number of rotatable bonds is 4. The minimum Gasteiger partial charge on any atom is -0.361 e. The zero-order chi connectivity index (χ0) is 16.6. The van der Waals surface area contributed by atoms with E-state index >= 15 is 0 Å². The molecule has 0 spiro atoms. The molecule has 2 heterocycles. The quantitative estimate of drug-likeness (QED) is 0.773. The van der Waals surface area contributed by atoms with Crippen molar-refractivity contribution >= 4 is 26.7 Å². The monoisotopic (exact) mass is 338 g/mol. The Hall–Kier alpha value is -2.52. The lowest BCUT2D eigenvalue weighted by atomic mass is 9.66. The molecule has 0 aliphatic heterocycles. The van der Waals surface area contributed by atoms with E-state index in [9.17, 15) is 4.39 Å². The van der Waals surface area contributed by atoms with E-state index in [1.165, 1.54) is 17.4 Å². The normalized spacial score (nSPS) is 15.7. The lowest BCUT2D eigenvalue weighted by Crippen LogP contribution is -2.42. The van der Waals surface area contributed by atoms with E-state index in [2.05, 4.69) is 21.4 Å². The van der Waals surface area contributed by atoms with Crippen molar-refractivity contribution < 1.29 is 4.39 Å². The van der Waals surface area contributed by atoms with Gasteiger partial charge in [-0.3, -0.25) is 4.98 Å². The fourth-order valence-corrected chi connectivity index (χ4v) is 4.09. The van der Waals surface area contributed by atoms with Crippen LogP contribution in [0.15, 0.2) is 36.5 Å². The lowest BCUT2D eigenvalue weighted by molar-refractivity contribution is 0.243. The first-order chi connectivity index (χ1) is 11.7. The summed E-state index contributed by atoms with van der Waals surface area (Å²) in [5.41, 5.74) is 1.80. The molecule has 0 amide bonds. The maximum Gasteiger partial charge on any atom is 0.183 e. The van der Waals surface area contributed by atoms with Crippen molar-refractivity contribution in [3.63, 3.8) is 0 Å². The van der Waals surface area contributed by atoms with Gasteiger partial charge in [0.15, 0.2) is 5.13 Å². The van der Waals surface area contributed by atoms with E-state index in [4.69, 9.17) is 5.26 Å². The van der Waals surface area contributed by atoms with Gasteiger partial charge in [-0.15, -0.1) is 0 Å². The summed E-state index contributed by atoms with van der Waals surface area (Å²) in [6, 6.07) is 10.7. The molecule has 4 rings (SSSR count). The van der Waals surface area contributed by atoms with Crippen molar-refractivity contribution in [3.05, 3.63) is 53.6 Å². The molecule has 0 bridgehead atoms. The number of hydrogen-bond donors (Lipinski definition) is 1. The Morgan fingerprint density at radius 3 is 2.92 bits per heavy atom. The molecule has 3 aromatic rings. The number of thiazole rings is 1. The predicted octanol–water partition coefficient (Wildman–Crippen LogP) is 4.24. The van der Waals surface area contributed by atoms with E-state index in [1.807, 2.05) is 12.1 Å². The zero-order valence-electron chi connectivity index (χ0n) is 12.9. The van der Waals surface area contributed by atoms with Crippen LogP contribution >= 0.6 is 11.3 Å². The second-order valence-electron chi connectivity index (χ2n) is 6.13. The van der Waals surface area contributed by atoms with Gasteiger partial charge in [-0.2, -0.15) is 5.26 Å². The van der Waals surface area contributed by atoms with Crippen LogP contribution in [0.5, 0.6) is 0 Å². The number of aromatic nitrogens is 2. The van der Waals surface area contributed by atoms with E-state index in [0.29, 0.717) is 17.8 Å². The van der Waals surface area contributed by atoms with Crippen LogP contribution in [0.4, 0.5) is 9.52 Å². The van der Waals surface area contributed by atoms with Crippen molar-refractivity contribution in [2.75, 3.05) is 11.9 Å². The number of nitrogens with one attached hydrogen (secondary N) is 1. The standard InChI is InChI=1S/C18H15FN4S/c19-13-3-1-8-21-16(13)18(6-2-7-18)11-22-17-23-14-5-4-12(10-20)9-15(14)24-17/h1,3-5,8-9H,2,6-7,11H2,(H,22,23). The van der Waals surface area contributed by atoms with Crippen molar-refractivity contribution in [2.24, 2.45) is 0 Å². The van der Waals surface area contributed by atoms with Crippen molar-refractivity contribution in [3.8, 4) is 6.07 Å². The van der Waals surface area contributed by atoms with E-state index in [-0.39, 0.29) is 11.2 Å². The summed E-state index contributed by atoms with van der Waals surface area (Å²) in [5.74, 6) is -0.234. The first-order valence-electron chi connectivity index (χ1n) is 7.86. The van der Waals surface area contributed by atoms with Gasteiger partial charge in [-0.25, -0.2) is 9.37 Å². The van der Waals surface area contributed by atoms with Gasteiger partial charge >= 0.3 is 0 Å². The molecule has 0 radical (unpaired) electrons. The maximum absolute atomic E-state index is 14.1. The molecule has 4 nitrogen and oxygen atoms in total. The molecule has 2 aromatic heterocycles. The number of halogens is 1. The Balaban J connectivity index is 1.57. The van der Waals surface area contributed by atoms with Gasteiger partial charge in [0.1, 0.15) is 5.82 Å². The summed E-state index contributed by atoms with van der Waals surface area (Å²) in [6.07, 6.45) is 4.59. The minimum absolute atomic E-state index is 0.234. The number of benzene rings is 1. The molecule has 1 saturated carbocycles. The molecule has 1 aliphatic rings. The molecule has 1 fully saturated rings. The SMILES string of the molecule is N#Cc1ccc2nc(NCC3(c4ncccc4F)CCC3)sc2c1.